The Morgan fingerprint density at radius 1 is 1.56 bits per heavy atom. The predicted octanol–water partition coefficient (Wildman–Crippen LogP) is -0.325. The van der Waals surface area contributed by atoms with Crippen LogP contribution in [0.1, 0.15) is 20.3 Å². The Kier molecular flexibility index (Phi) is 3.59. The molecule has 1 amide bonds. The average Bonchev–Trinajstić information content (AvgIpc) is 2.57. The van der Waals surface area contributed by atoms with Crippen molar-refractivity contribution in [3.05, 3.63) is 23.5 Å². The maximum Gasteiger partial charge on any atom is 0.269 e. The van der Waals surface area contributed by atoms with E-state index in [1.54, 1.807) is 18.7 Å². The van der Waals surface area contributed by atoms with Crippen LogP contribution in [0.15, 0.2) is 23.5 Å². The van der Waals surface area contributed by atoms with Crippen molar-refractivity contribution < 1.29 is 9.90 Å². The van der Waals surface area contributed by atoms with Crippen molar-refractivity contribution >= 4 is 5.91 Å². The third-order valence-corrected chi connectivity index (χ3v) is 2.63. The molecule has 1 aliphatic rings. The molecule has 1 fully saturated rings. The van der Waals surface area contributed by atoms with E-state index in [-0.39, 0.29) is 11.6 Å². The molecular weight excluding hydrogens is 206 g/mol. The lowest BCUT2D eigenvalue weighted by Gasteiger charge is -2.19. The predicted molar refractivity (Wildman–Crippen MR) is 62.0 cm³/mol. The molecule has 1 saturated heterocycles. The fraction of sp³-hybridized carbons (Fsp3) is 0.545. The van der Waals surface area contributed by atoms with Gasteiger partial charge in [0.25, 0.3) is 5.91 Å². The normalized spacial score (nSPS) is 27.3. The highest BCUT2D eigenvalue weighted by Crippen LogP contribution is 2.21. The summed E-state index contributed by atoms with van der Waals surface area (Å²) in [6.45, 7) is 4.34. The van der Waals surface area contributed by atoms with Crippen molar-refractivity contribution in [3.63, 3.8) is 0 Å². The third-order valence-electron chi connectivity index (χ3n) is 2.63. The second kappa shape index (κ2) is 4.57. The van der Waals surface area contributed by atoms with Gasteiger partial charge in [0.1, 0.15) is 0 Å². The van der Waals surface area contributed by atoms with E-state index in [4.69, 9.17) is 11.5 Å². The number of allylic oxidation sites excluding steroid dienone is 2. The van der Waals surface area contributed by atoms with Gasteiger partial charge in [-0.25, -0.2) is 0 Å². The Morgan fingerprint density at radius 2 is 2.19 bits per heavy atom. The maximum absolute atomic E-state index is 11.8. The van der Waals surface area contributed by atoms with E-state index in [9.17, 15) is 9.90 Å². The van der Waals surface area contributed by atoms with Crippen molar-refractivity contribution in [1.29, 1.82) is 0 Å². The number of amides is 1. The molecule has 5 nitrogen and oxygen atoms in total. The number of rotatable bonds is 2. The highest BCUT2D eigenvalue weighted by Gasteiger charge is 2.34. The first-order chi connectivity index (χ1) is 7.35. The van der Waals surface area contributed by atoms with Crippen LogP contribution in [-0.2, 0) is 4.79 Å². The molecule has 1 heterocycles. The first-order valence-corrected chi connectivity index (χ1v) is 5.23. The molecule has 16 heavy (non-hydrogen) atoms. The first-order valence-electron chi connectivity index (χ1n) is 5.23. The summed E-state index contributed by atoms with van der Waals surface area (Å²) in [5.74, 6) is -0.251. The van der Waals surface area contributed by atoms with E-state index in [0.717, 1.165) is 5.57 Å². The highest BCUT2D eigenvalue weighted by atomic mass is 16.3. The molecule has 0 spiro atoms. The second-order valence-electron chi connectivity index (χ2n) is 4.48. The molecule has 0 aromatic rings. The topological polar surface area (TPSA) is 92.6 Å². The van der Waals surface area contributed by atoms with Gasteiger partial charge in [-0.3, -0.25) is 4.79 Å². The molecular formula is C11H19N3O2. The van der Waals surface area contributed by atoms with E-state index in [2.05, 4.69) is 0 Å². The van der Waals surface area contributed by atoms with Crippen LogP contribution < -0.4 is 11.5 Å². The van der Waals surface area contributed by atoms with E-state index < -0.39 is 5.60 Å². The fourth-order valence-electron chi connectivity index (χ4n) is 1.66. The van der Waals surface area contributed by atoms with Crippen molar-refractivity contribution in [2.45, 2.75) is 25.9 Å². The van der Waals surface area contributed by atoms with Crippen LogP contribution in [0.3, 0.4) is 0 Å². The number of carbonyl (C=O) groups is 1. The molecule has 0 bridgehead atoms. The summed E-state index contributed by atoms with van der Waals surface area (Å²) in [6.07, 6.45) is 3.51. The molecule has 1 aliphatic heterocycles. The van der Waals surface area contributed by atoms with Gasteiger partial charge in [0, 0.05) is 13.1 Å². The molecule has 5 N–H and O–H groups in total. The van der Waals surface area contributed by atoms with Crippen LogP contribution >= 0.6 is 0 Å². The van der Waals surface area contributed by atoms with Crippen molar-refractivity contribution in [2.24, 2.45) is 11.5 Å². The minimum absolute atomic E-state index is 0.150. The Morgan fingerprint density at radius 3 is 2.62 bits per heavy atom. The molecule has 5 heteroatoms. The zero-order chi connectivity index (χ0) is 12.3. The summed E-state index contributed by atoms with van der Waals surface area (Å²) in [5, 5.41) is 9.74. The lowest BCUT2D eigenvalue weighted by molar-refractivity contribution is -0.127. The molecule has 1 rings (SSSR count). The maximum atomic E-state index is 11.8. The number of carbonyl (C=O) groups excluding carboxylic acids is 1. The minimum Gasteiger partial charge on any atom is -0.404 e. The standard InChI is InChI=1S/C11H19N3O2/c1-8(6-12)5-9(13)10(15)14-4-3-11(2,16)7-14/h5-6,16H,3-4,7,12-13H2,1-2H3/b8-6-,9-5-/t11-/m0/s1. The number of aliphatic hydroxyl groups is 1. The zero-order valence-electron chi connectivity index (χ0n) is 9.73. The van der Waals surface area contributed by atoms with Crippen LogP contribution in [0.2, 0.25) is 0 Å². The lowest BCUT2D eigenvalue weighted by Crippen LogP contribution is -2.36. The summed E-state index contributed by atoms with van der Waals surface area (Å²) in [4.78, 5) is 13.4. The summed E-state index contributed by atoms with van der Waals surface area (Å²) in [5.41, 5.74) is 11.0. The van der Waals surface area contributed by atoms with E-state index in [0.29, 0.717) is 19.5 Å². The van der Waals surface area contributed by atoms with Crippen LogP contribution in [0.5, 0.6) is 0 Å². The van der Waals surface area contributed by atoms with Crippen LogP contribution in [-0.4, -0.2) is 34.6 Å². The van der Waals surface area contributed by atoms with E-state index in [1.807, 2.05) is 0 Å². The minimum atomic E-state index is -0.797. The van der Waals surface area contributed by atoms with Gasteiger partial charge in [-0.15, -0.1) is 0 Å². The van der Waals surface area contributed by atoms with Crippen molar-refractivity contribution in [1.82, 2.24) is 4.90 Å². The number of nitrogens with two attached hydrogens (primary N) is 2. The van der Waals surface area contributed by atoms with Gasteiger partial charge in [-0.2, -0.15) is 0 Å². The van der Waals surface area contributed by atoms with Gasteiger partial charge >= 0.3 is 0 Å². The average molecular weight is 225 g/mol. The highest BCUT2D eigenvalue weighted by molar-refractivity contribution is 5.93. The van der Waals surface area contributed by atoms with Gasteiger partial charge in [0.05, 0.1) is 11.3 Å². The summed E-state index contributed by atoms with van der Waals surface area (Å²) in [7, 11) is 0. The second-order valence-corrected chi connectivity index (χ2v) is 4.48. The largest absolute Gasteiger partial charge is 0.404 e. The zero-order valence-corrected chi connectivity index (χ0v) is 9.73. The summed E-state index contributed by atoms with van der Waals surface area (Å²) >= 11 is 0. The van der Waals surface area contributed by atoms with Gasteiger partial charge in [0.2, 0.25) is 0 Å². The molecule has 0 aromatic carbocycles. The number of likely N-dealkylation sites (tertiary alicyclic amines) is 1. The Balaban J connectivity index is 2.70. The fourth-order valence-corrected chi connectivity index (χ4v) is 1.66. The van der Waals surface area contributed by atoms with Gasteiger partial charge < -0.3 is 21.5 Å². The monoisotopic (exact) mass is 225 g/mol. The van der Waals surface area contributed by atoms with E-state index >= 15 is 0 Å². The molecule has 0 aromatic heterocycles. The molecule has 0 saturated carbocycles. The Labute approximate surface area is 95.4 Å². The molecule has 90 valence electrons. The van der Waals surface area contributed by atoms with Crippen LogP contribution in [0, 0.1) is 0 Å². The smallest absolute Gasteiger partial charge is 0.269 e. The van der Waals surface area contributed by atoms with Gasteiger partial charge in [-0.1, -0.05) is 0 Å². The number of hydrogen-bond donors (Lipinski definition) is 3. The molecule has 0 radical (unpaired) electrons. The van der Waals surface area contributed by atoms with Gasteiger partial charge in [-0.05, 0) is 38.1 Å². The SMILES string of the molecule is CC(=C/N)/C=C(\N)C(=O)N1CC[C@](C)(O)C1. The third kappa shape index (κ3) is 3.00. The number of β-amino-alcohol motifs (C(OH)–C–C–N with tert-alkyl or cyclic N) is 1. The summed E-state index contributed by atoms with van der Waals surface area (Å²) < 4.78 is 0. The molecule has 0 aliphatic carbocycles. The quantitative estimate of drug-likeness (QED) is 0.443. The Hall–Kier alpha value is -1.49. The first kappa shape index (κ1) is 12.6. The van der Waals surface area contributed by atoms with Crippen LogP contribution in [0.4, 0.5) is 0 Å². The molecule has 1 atom stereocenters. The van der Waals surface area contributed by atoms with Crippen molar-refractivity contribution in [2.75, 3.05) is 13.1 Å². The van der Waals surface area contributed by atoms with Crippen LogP contribution in [0.25, 0.3) is 0 Å². The number of nitrogens with zero attached hydrogens (tertiary/aromatic N) is 1. The Bertz CT molecular complexity index is 345. The van der Waals surface area contributed by atoms with Gasteiger partial charge in [0.15, 0.2) is 0 Å². The van der Waals surface area contributed by atoms with E-state index in [1.165, 1.54) is 12.3 Å². The van der Waals surface area contributed by atoms with Crippen molar-refractivity contribution in [3.8, 4) is 0 Å². The molecule has 0 unspecified atom stereocenters. The summed E-state index contributed by atoms with van der Waals surface area (Å²) in [6, 6.07) is 0. The number of hydrogen-bond acceptors (Lipinski definition) is 4. The lowest BCUT2D eigenvalue weighted by atomic mass is 10.1.